The van der Waals surface area contributed by atoms with Gasteiger partial charge in [0.25, 0.3) is 0 Å². The minimum Gasteiger partial charge on any atom is -0.507 e. The van der Waals surface area contributed by atoms with Gasteiger partial charge in [0.1, 0.15) is 17.8 Å². The van der Waals surface area contributed by atoms with E-state index in [0.717, 1.165) is 17.5 Å². The van der Waals surface area contributed by atoms with Crippen LogP contribution in [0.3, 0.4) is 0 Å². The third-order valence-electron chi connectivity index (χ3n) is 10.6. The molecule has 0 saturated heterocycles. The zero-order chi connectivity index (χ0) is 31.1. The molecule has 8 atom stereocenters. The number of amides is 1. The number of rotatable bonds is 5. The lowest BCUT2D eigenvalue weighted by Crippen LogP contribution is -2.79. The Labute approximate surface area is 247 Å². The molecule has 3 aliphatic rings. The van der Waals surface area contributed by atoms with Crippen molar-refractivity contribution in [1.29, 1.82) is 0 Å². The van der Waals surface area contributed by atoms with Crippen LogP contribution in [0.15, 0.2) is 36.4 Å². The Morgan fingerprint density at radius 2 is 1.64 bits per heavy atom. The third-order valence-corrected chi connectivity index (χ3v) is 10.6. The maximum atomic E-state index is 14.3. The highest BCUT2D eigenvalue weighted by Gasteiger charge is 2.75. The topological polar surface area (TPSA) is 158 Å². The monoisotopic (exact) mass is 577 g/mol. The van der Waals surface area contributed by atoms with Crippen molar-refractivity contribution in [2.75, 3.05) is 0 Å². The van der Waals surface area contributed by atoms with E-state index in [0.29, 0.717) is 11.5 Å². The van der Waals surface area contributed by atoms with Crippen LogP contribution >= 0.6 is 0 Å². The molecule has 2 fully saturated rings. The number of carbonyl (C=O) groups is 3. The molecule has 0 heterocycles. The molecule has 2 aromatic carbocycles. The van der Waals surface area contributed by atoms with E-state index >= 15 is 0 Å². The van der Waals surface area contributed by atoms with Crippen molar-refractivity contribution < 1.29 is 34.8 Å². The molecule has 0 aromatic heterocycles. The van der Waals surface area contributed by atoms with E-state index in [4.69, 9.17) is 5.73 Å². The molecule has 2 aromatic rings. The summed E-state index contributed by atoms with van der Waals surface area (Å²) in [6.07, 6.45) is -2.01. The number of primary amides is 1. The van der Waals surface area contributed by atoms with E-state index in [1.54, 1.807) is 13.0 Å². The van der Waals surface area contributed by atoms with Gasteiger partial charge >= 0.3 is 0 Å². The number of hydrogen-bond acceptors (Lipinski definition) is 7. The molecule has 0 bridgehead atoms. The van der Waals surface area contributed by atoms with Crippen LogP contribution in [0.1, 0.15) is 69.4 Å². The Balaban J connectivity index is 1.67. The van der Waals surface area contributed by atoms with Gasteiger partial charge in [0.15, 0.2) is 17.2 Å². The molecule has 42 heavy (non-hydrogen) atoms. The molecule has 0 spiro atoms. The van der Waals surface area contributed by atoms with Crippen LogP contribution in [0.5, 0.6) is 5.75 Å². The summed E-state index contributed by atoms with van der Waals surface area (Å²) in [7, 11) is 0. The lowest BCUT2D eigenvalue weighted by molar-refractivity contribution is -0.265. The lowest BCUT2D eigenvalue weighted by atomic mass is 9.39. The van der Waals surface area contributed by atoms with Gasteiger partial charge in [-0.2, -0.15) is 0 Å². The largest absolute Gasteiger partial charge is 0.507 e. The Hall–Kier alpha value is -3.07. The van der Waals surface area contributed by atoms with E-state index in [9.17, 15) is 34.8 Å². The number of ketones is 2. The van der Waals surface area contributed by atoms with Gasteiger partial charge in [0.2, 0.25) is 5.91 Å². The van der Waals surface area contributed by atoms with Crippen molar-refractivity contribution in [3.05, 3.63) is 53.1 Å². The van der Waals surface area contributed by atoms with Gasteiger partial charge in [-0.15, -0.1) is 0 Å². The number of aliphatic hydroxyl groups excluding tert-OH is 2. The number of hydrogen-bond donors (Lipinski definition) is 5. The van der Waals surface area contributed by atoms with E-state index in [-0.39, 0.29) is 30.1 Å². The van der Waals surface area contributed by atoms with E-state index in [2.05, 4.69) is 26.0 Å². The average molecular weight is 578 g/mol. The van der Waals surface area contributed by atoms with Gasteiger partial charge in [-0.25, -0.2) is 0 Å². The minimum atomic E-state index is -2.52. The molecule has 8 heteroatoms. The molecule has 1 amide bonds. The highest BCUT2D eigenvalue weighted by Crippen LogP contribution is 2.66. The predicted octanol–water partition coefficient (Wildman–Crippen LogP) is 3.44. The van der Waals surface area contributed by atoms with Crippen LogP contribution in [0.4, 0.5) is 0 Å². The first-order valence-electron chi connectivity index (χ1n) is 14.9. The number of fused-ring (bicyclic) bond motifs is 3. The number of phenols is 1. The van der Waals surface area contributed by atoms with Crippen molar-refractivity contribution in [1.82, 2.24) is 0 Å². The van der Waals surface area contributed by atoms with Crippen LogP contribution in [0, 0.1) is 40.4 Å². The predicted molar refractivity (Wildman–Crippen MR) is 157 cm³/mol. The second-order valence-corrected chi connectivity index (χ2v) is 14.3. The summed E-state index contributed by atoms with van der Waals surface area (Å²) in [4.78, 5) is 40.5. The molecule has 2 saturated carbocycles. The Morgan fingerprint density at radius 3 is 2.19 bits per heavy atom. The fourth-order valence-corrected chi connectivity index (χ4v) is 9.09. The first kappa shape index (κ1) is 30.4. The van der Waals surface area contributed by atoms with Crippen molar-refractivity contribution in [3.63, 3.8) is 0 Å². The highest BCUT2D eigenvalue weighted by atomic mass is 16.4. The molecular formula is C34H43NO7. The van der Waals surface area contributed by atoms with Crippen LogP contribution in [-0.4, -0.2) is 55.7 Å². The van der Waals surface area contributed by atoms with Crippen molar-refractivity contribution in [3.8, 4) is 16.9 Å². The number of carbonyl (C=O) groups excluding carboxylic acids is 3. The van der Waals surface area contributed by atoms with Crippen molar-refractivity contribution in [2.45, 2.75) is 78.6 Å². The summed E-state index contributed by atoms with van der Waals surface area (Å²) >= 11 is 0. The fourth-order valence-electron chi connectivity index (χ4n) is 9.09. The number of benzene rings is 2. The summed E-state index contributed by atoms with van der Waals surface area (Å²) in [5, 5.41) is 46.4. The molecular weight excluding hydrogens is 534 g/mol. The molecule has 3 aliphatic carbocycles. The lowest BCUT2D eigenvalue weighted by Gasteiger charge is -2.66. The first-order chi connectivity index (χ1) is 19.5. The number of aliphatic hydroxyl groups is 3. The molecule has 0 radical (unpaired) electrons. The summed E-state index contributed by atoms with van der Waals surface area (Å²) < 4.78 is 0. The van der Waals surface area contributed by atoms with Crippen LogP contribution in [0.2, 0.25) is 0 Å². The average Bonchev–Trinajstić information content (AvgIpc) is 2.86. The number of Topliss-reactive ketones (excluding diaryl/α,β-unsaturated/α-hetero) is 2. The second-order valence-electron chi connectivity index (χ2n) is 14.3. The minimum absolute atomic E-state index is 0.0719. The Kier molecular flexibility index (Phi) is 7.23. The van der Waals surface area contributed by atoms with Gasteiger partial charge in [-0.3, -0.25) is 14.4 Å². The van der Waals surface area contributed by atoms with Gasteiger partial charge < -0.3 is 26.2 Å². The first-order valence-corrected chi connectivity index (χ1v) is 14.9. The van der Waals surface area contributed by atoms with Crippen molar-refractivity contribution >= 4 is 17.5 Å². The smallest absolute Gasteiger partial charge is 0.230 e. The molecule has 6 N–H and O–H groups in total. The van der Waals surface area contributed by atoms with E-state index in [1.807, 2.05) is 32.9 Å². The standard InChI is InChI=1S/C34H43NO7/c1-16(2)13-18-7-9-19(10-8-18)20-11-12-22(36)23-21(20)14-32(5)15-33(6)25(17(3)4)28(38)24(31(35)41)29(39)34(33,42)30(40)26(32)27(23)37/h7-12,16-17,24-26,28,30,36,38,40,42H,13-15H2,1-6H3,(H2,35,41)/t24-,25+,26-,28?,30?,32-,33-,34+/m1/s1. The summed E-state index contributed by atoms with van der Waals surface area (Å²) in [6.45, 7) is 11.5. The van der Waals surface area contributed by atoms with Crippen LogP contribution in [-0.2, 0) is 22.4 Å². The number of nitrogens with two attached hydrogens (primary N) is 1. The van der Waals surface area contributed by atoms with Crippen LogP contribution in [0.25, 0.3) is 11.1 Å². The SMILES string of the molecule is CC(C)Cc1ccc(-c2ccc(O)c3c2C[C@]2(C)C[C@]4(C)[C@@H](C(C)C)C(O)[C@@H](C(N)=O)C(=O)[C@]4(O)C(O)[C@H]2C3=O)cc1. The summed E-state index contributed by atoms with van der Waals surface area (Å²) in [5.74, 6) is -6.47. The zero-order valence-corrected chi connectivity index (χ0v) is 25.2. The van der Waals surface area contributed by atoms with Crippen molar-refractivity contribution in [2.24, 2.45) is 46.2 Å². The normalized spacial score (nSPS) is 36.0. The maximum Gasteiger partial charge on any atom is 0.230 e. The number of phenolic OH excluding ortho intramolecular Hbond substituents is 1. The molecule has 5 rings (SSSR count). The van der Waals surface area contributed by atoms with E-state index in [1.165, 1.54) is 11.6 Å². The molecule has 8 nitrogen and oxygen atoms in total. The highest BCUT2D eigenvalue weighted by molar-refractivity contribution is 6.09. The Morgan fingerprint density at radius 1 is 1.02 bits per heavy atom. The quantitative estimate of drug-likeness (QED) is 0.341. The molecule has 0 aliphatic heterocycles. The zero-order valence-electron chi connectivity index (χ0n) is 25.2. The summed E-state index contributed by atoms with van der Waals surface area (Å²) in [5.41, 5.74) is 4.29. The van der Waals surface area contributed by atoms with Gasteiger partial charge in [-0.1, -0.05) is 71.9 Å². The molecule has 2 unspecified atom stereocenters. The fraction of sp³-hybridized carbons (Fsp3) is 0.559. The molecule has 226 valence electrons. The summed E-state index contributed by atoms with van der Waals surface area (Å²) in [6, 6.07) is 11.4. The van der Waals surface area contributed by atoms with E-state index < -0.39 is 63.9 Å². The van der Waals surface area contributed by atoms with Gasteiger partial charge in [0, 0.05) is 5.41 Å². The second kappa shape index (κ2) is 10.00. The number of aromatic hydroxyl groups is 1. The van der Waals surface area contributed by atoms with Gasteiger partial charge in [0.05, 0.1) is 17.6 Å². The maximum absolute atomic E-state index is 14.3. The van der Waals surface area contributed by atoms with Gasteiger partial charge in [-0.05, 0) is 70.8 Å². The third kappa shape index (κ3) is 4.09. The van der Waals surface area contributed by atoms with Crippen LogP contribution < -0.4 is 5.73 Å². The Bertz CT molecular complexity index is 1450.